The zero-order valence-electron chi connectivity index (χ0n) is 13.8. The average molecular weight is 329 g/mol. The van der Waals surface area contributed by atoms with Crippen LogP contribution in [-0.4, -0.2) is 23.3 Å². The summed E-state index contributed by atoms with van der Waals surface area (Å²) in [5, 5.41) is 12.9. The lowest BCUT2D eigenvalue weighted by Crippen LogP contribution is -2.29. The second-order valence-corrected chi connectivity index (χ2v) is 5.61. The molecule has 0 saturated heterocycles. The van der Waals surface area contributed by atoms with E-state index in [1.807, 2.05) is 12.1 Å². The van der Waals surface area contributed by atoms with E-state index in [1.165, 1.54) is 13.0 Å². The molecule has 0 N–H and O–H groups in total. The molecule has 0 heterocycles. The molecule has 2 aromatic rings. The number of carbonyl (C=O) groups is 2. The van der Waals surface area contributed by atoms with Crippen LogP contribution in [0.3, 0.4) is 0 Å². The first-order valence-electron chi connectivity index (χ1n) is 7.71. The van der Waals surface area contributed by atoms with Crippen LogP contribution in [0, 0.1) is 16.0 Å². The van der Waals surface area contributed by atoms with E-state index in [4.69, 9.17) is 4.74 Å². The molecule has 0 aliphatic heterocycles. The van der Waals surface area contributed by atoms with Crippen LogP contribution < -0.4 is 0 Å². The number of rotatable bonds is 6. The van der Waals surface area contributed by atoms with Crippen LogP contribution in [0.15, 0.2) is 36.4 Å². The number of nitrogens with zero attached hydrogens (tertiary/aromatic N) is 1. The van der Waals surface area contributed by atoms with E-state index in [0.717, 1.165) is 5.39 Å². The molecule has 0 spiro atoms. The van der Waals surface area contributed by atoms with Crippen LogP contribution in [-0.2, 0) is 14.3 Å². The third-order valence-corrected chi connectivity index (χ3v) is 4.08. The Morgan fingerprint density at radius 2 is 1.88 bits per heavy atom. The summed E-state index contributed by atoms with van der Waals surface area (Å²) in [7, 11) is 0. The van der Waals surface area contributed by atoms with Gasteiger partial charge in [0.2, 0.25) is 0 Å². The molecule has 2 aromatic carbocycles. The van der Waals surface area contributed by atoms with Gasteiger partial charge in [0, 0.05) is 17.5 Å². The van der Waals surface area contributed by atoms with Crippen LogP contribution in [0.25, 0.3) is 10.8 Å². The molecule has 24 heavy (non-hydrogen) atoms. The van der Waals surface area contributed by atoms with Crippen molar-refractivity contribution in [1.29, 1.82) is 0 Å². The number of benzene rings is 2. The third-order valence-electron chi connectivity index (χ3n) is 4.08. The van der Waals surface area contributed by atoms with Gasteiger partial charge in [0.15, 0.2) is 0 Å². The van der Waals surface area contributed by atoms with Gasteiger partial charge in [0.05, 0.1) is 11.5 Å². The van der Waals surface area contributed by atoms with Gasteiger partial charge in [0.25, 0.3) is 5.69 Å². The fraction of sp³-hybridized carbons (Fsp3) is 0.333. The zero-order chi connectivity index (χ0) is 17.9. The van der Waals surface area contributed by atoms with Gasteiger partial charge in [-0.1, -0.05) is 31.2 Å². The molecular weight excluding hydrogens is 310 g/mol. The van der Waals surface area contributed by atoms with Crippen molar-refractivity contribution in [2.75, 3.05) is 6.61 Å². The number of hydrogen-bond acceptors (Lipinski definition) is 5. The summed E-state index contributed by atoms with van der Waals surface area (Å²) in [4.78, 5) is 35.2. The van der Waals surface area contributed by atoms with Gasteiger partial charge in [-0.15, -0.1) is 0 Å². The number of esters is 1. The van der Waals surface area contributed by atoms with Crippen LogP contribution in [0.1, 0.15) is 32.3 Å². The van der Waals surface area contributed by atoms with Gasteiger partial charge in [-0.25, -0.2) is 0 Å². The first-order valence-corrected chi connectivity index (χ1v) is 7.71. The minimum Gasteiger partial charge on any atom is -0.465 e. The number of nitro groups is 1. The summed E-state index contributed by atoms with van der Waals surface area (Å²) >= 11 is 0. The highest BCUT2D eigenvalue weighted by atomic mass is 16.6. The van der Waals surface area contributed by atoms with Crippen molar-refractivity contribution < 1.29 is 19.2 Å². The molecule has 0 amide bonds. The zero-order valence-corrected chi connectivity index (χ0v) is 13.8. The summed E-state index contributed by atoms with van der Waals surface area (Å²) in [5.74, 6) is -2.77. The molecule has 0 aliphatic rings. The molecule has 126 valence electrons. The van der Waals surface area contributed by atoms with Crippen molar-refractivity contribution in [1.82, 2.24) is 0 Å². The smallest absolute Gasteiger partial charge is 0.317 e. The Morgan fingerprint density at radius 1 is 1.21 bits per heavy atom. The van der Waals surface area contributed by atoms with E-state index in [0.29, 0.717) is 10.9 Å². The summed E-state index contributed by atoms with van der Waals surface area (Å²) in [6, 6.07) is 10.3. The number of ether oxygens (including phenoxy) is 1. The van der Waals surface area contributed by atoms with Crippen molar-refractivity contribution in [2.45, 2.75) is 26.7 Å². The van der Waals surface area contributed by atoms with E-state index >= 15 is 0 Å². The highest BCUT2D eigenvalue weighted by Gasteiger charge is 2.36. The monoisotopic (exact) mass is 329 g/mol. The summed E-state index contributed by atoms with van der Waals surface area (Å²) in [6.45, 7) is 4.75. The van der Waals surface area contributed by atoms with Crippen molar-refractivity contribution >= 4 is 28.2 Å². The molecule has 2 atom stereocenters. The molecule has 0 bridgehead atoms. The lowest BCUT2D eigenvalue weighted by atomic mass is 9.82. The molecular formula is C18H19NO5. The summed E-state index contributed by atoms with van der Waals surface area (Å²) in [5.41, 5.74) is 0.281. The number of Topliss-reactive ketones (excluding diaryl/α,β-unsaturated/α-hetero) is 1. The molecule has 0 radical (unpaired) electrons. The molecule has 6 nitrogen and oxygen atoms in total. The number of carbonyl (C=O) groups excluding carboxylic acids is 2. The maximum absolute atomic E-state index is 12.2. The Hall–Kier alpha value is -2.76. The highest BCUT2D eigenvalue weighted by molar-refractivity contribution is 6.00. The molecule has 0 fully saturated rings. The van der Waals surface area contributed by atoms with Crippen LogP contribution in [0.4, 0.5) is 5.69 Å². The molecule has 0 aromatic heterocycles. The SMILES string of the molecule is CCOC(=O)C(C(C)=O)C(C)c1c([N+](=O)[O-])ccc2ccccc12. The van der Waals surface area contributed by atoms with Crippen molar-refractivity contribution in [2.24, 2.45) is 5.92 Å². The van der Waals surface area contributed by atoms with Crippen LogP contribution in [0.2, 0.25) is 0 Å². The quantitative estimate of drug-likeness (QED) is 0.350. The number of nitro benzene ring substituents is 1. The molecule has 0 aliphatic carbocycles. The fourth-order valence-corrected chi connectivity index (χ4v) is 3.04. The Kier molecular flexibility index (Phi) is 5.28. The number of ketones is 1. The van der Waals surface area contributed by atoms with Crippen LogP contribution >= 0.6 is 0 Å². The predicted octanol–water partition coefficient (Wildman–Crippen LogP) is 3.62. The van der Waals surface area contributed by atoms with Crippen molar-refractivity contribution in [3.63, 3.8) is 0 Å². The van der Waals surface area contributed by atoms with Gasteiger partial charge in [-0.05, 0) is 30.7 Å². The minimum absolute atomic E-state index is 0.100. The van der Waals surface area contributed by atoms with Crippen molar-refractivity contribution in [3.05, 3.63) is 52.1 Å². The fourth-order valence-electron chi connectivity index (χ4n) is 3.04. The van der Waals surface area contributed by atoms with Gasteiger partial charge >= 0.3 is 5.97 Å². The second kappa shape index (κ2) is 7.21. The highest BCUT2D eigenvalue weighted by Crippen LogP contribution is 2.38. The first kappa shape index (κ1) is 17.6. The topological polar surface area (TPSA) is 86.5 Å². The Labute approximate surface area is 139 Å². The van der Waals surface area contributed by atoms with Gasteiger partial charge in [-0.3, -0.25) is 19.7 Å². The molecule has 2 rings (SSSR count). The average Bonchev–Trinajstić information content (AvgIpc) is 2.53. The van der Waals surface area contributed by atoms with E-state index in [-0.39, 0.29) is 18.1 Å². The van der Waals surface area contributed by atoms with Crippen molar-refractivity contribution in [3.8, 4) is 0 Å². The third kappa shape index (κ3) is 3.27. The van der Waals surface area contributed by atoms with Gasteiger partial charge in [0.1, 0.15) is 11.7 Å². The molecule has 6 heteroatoms. The van der Waals surface area contributed by atoms with E-state index in [1.54, 1.807) is 32.0 Å². The van der Waals surface area contributed by atoms with Gasteiger partial charge < -0.3 is 4.74 Å². The van der Waals surface area contributed by atoms with Crippen LogP contribution in [0.5, 0.6) is 0 Å². The standard InChI is InChI=1S/C18H19NO5/c1-4-24-18(21)16(12(3)20)11(2)17-14-8-6-5-7-13(14)9-10-15(17)19(22)23/h5-11,16H,4H2,1-3H3. The summed E-state index contributed by atoms with van der Waals surface area (Å²) in [6.07, 6.45) is 0. The molecule has 2 unspecified atom stereocenters. The largest absolute Gasteiger partial charge is 0.465 e. The Bertz CT molecular complexity index is 799. The van der Waals surface area contributed by atoms with E-state index in [9.17, 15) is 19.7 Å². The van der Waals surface area contributed by atoms with E-state index in [2.05, 4.69) is 0 Å². The minimum atomic E-state index is -1.07. The summed E-state index contributed by atoms with van der Waals surface area (Å²) < 4.78 is 4.99. The lowest BCUT2D eigenvalue weighted by Gasteiger charge is -2.21. The number of fused-ring (bicyclic) bond motifs is 1. The number of hydrogen-bond donors (Lipinski definition) is 0. The van der Waals surface area contributed by atoms with E-state index < -0.39 is 22.7 Å². The molecule has 0 saturated carbocycles. The predicted molar refractivity (Wildman–Crippen MR) is 89.8 cm³/mol. The lowest BCUT2D eigenvalue weighted by molar-refractivity contribution is -0.385. The maximum atomic E-state index is 12.2. The second-order valence-electron chi connectivity index (χ2n) is 5.61. The first-order chi connectivity index (χ1) is 11.4. The normalized spacial score (nSPS) is 13.3. The maximum Gasteiger partial charge on any atom is 0.317 e. The van der Waals surface area contributed by atoms with Gasteiger partial charge in [-0.2, -0.15) is 0 Å². The Morgan fingerprint density at radius 3 is 2.46 bits per heavy atom. The Balaban J connectivity index is 2.67.